The summed E-state index contributed by atoms with van der Waals surface area (Å²) in [5.74, 6) is 1.03. The summed E-state index contributed by atoms with van der Waals surface area (Å²) >= 11 is 0. The molecule has 1 aromatic carbocycles. The molecule has 0 fully saturated rings. The Morgan fingerprint density at radius 2 is 2.11 bits per heavy atom. The number of aryl methyl sites for hydroxylation is 1. The number of fused-ring (bicyclic) bond motifs is 1. The van der Waals surface area contributed by atoms with Gasteiger partial charge in [0.2, 0.25) is 5.78 Å². The van der Waals surface area contributed by atoms with Crippen LogP contribution in [0.5, 0.6) is 11.5 Å². The van der Waals surface area contributed by atoms with Crippen LogP contribution < -0.4 is 9.47 Å². The first-order chi connectivity index (χ1) is 8.77. The zero-order valence-corrected chi connectivity index (χ0v) is 9.92. The van der Waals surface area contributed by atoms with Gasteiger partial charge in [0.25, 0.3) is 0 Å². The Kier molecular flexibility index (Phi) is 2.51. The van der Waals surface area contributed by atoms with Crippen molar-refractivity contribution < 1.29 is 14.3 Å². The van der Waals surface area contributed by atoms with Gasteiger partial charge in [0, 0.05) is 13.2 Å². The molecular weight excluding hydrogens is 232 g/mol. The molecule has 0 bridgehead atoms. The fraction of sp³-hybridized carbons (Fsp3) is 0.231. The van der Waals surface area contributed by atoms with Gasteiger partial charge in [-0.3, -0.25) is 9.48 Å². The van der Waals surface area contributed by atoms with Crippen molar-refractivity contribution in [2.24, 2.45) is 7.05 Å². The SMILES string of the molecule is Cn1nccc1C(=O)c1cccc2c1OCCO2. The van der Waals surface area contributed by atoms with Crippen LogP contribution in [0.2, 0.25) is 0 Å². The van der Waals surface area contributed by atoms with E-state index in [2.05, 4.69) is 5.10 Å². The fourth-order valence-corrected chi connectivity index (χ4v) is 1.99. The minimum Gasteiger partial charge on any atom is -0.486 e. The van der Waals surface area contributed by atoms with Gasteiger partial charge in [0.05, 0.1) is 5.56 Å². The van der Waals surface area contributed by atoms with E-state index in [4.69, 9.17) is 9.47 Å². The Balaban J connectivity index is 2.07. The smallest absolute Gasteiger partial charge is 0.214 e. The molecule has 2 heterocycles. The maximum Gasteiger partial charge on any atom is 0.214 e. The first-order valence-corrected chi connectivity index (χ1v) is 5.68. The second-order valence-electron chi connectivity index (χ2n) is 4.00. The van der Waals surface area contributed by atoms with E-state index in [9.17, 15) is 4.79 Å². The Morgan fingerprint density at radius 3 is 2.89 bits per heavy atom. The number of nitrogens with zero attached hydrogens (tertiary/aromatic N) is 2. The number of hydrogen-bond acceptors (Lipinski definition) is 4. The first-order valence-electron chi connectivity index (χ1n) is 5.68. The van der Waals surface area contributed by atoms with E-state index in [1.807, 2.05) is 0 Å². The molecule has 5 heteroatoms. The molecule has 1 aliphatic heterocycles. The molecule has 5 nitrogen and oxygen atoms in total. The van der Waals surface area contributed by atoms with E-state index >= 15 is 0 Å². The Morgan fingerprint density at radius 1 is 1.28 bits per heavy atom. The maximum absolute atomic E-state index is 12.4. The van der Waals surface area contributed by atoms with Crippen LogP contribution in [0.3, 0.4) is 0 Å². The van der Waals surface area contributed by atoms with Gasteiger partial charge in [-0.2, -0.15) is 5.10 Å². The molecule has 3 rings (SSSR count). The third-order valence-electron chi connectivity index (χ3n) is 2.86. The number of rotatable bonds is 2. The van der Waals surface area contributed by atoms with Gasteiger partial charge in [-0.25, -0.2) is 0 Å². The highest BCUT2D eigenvalue weighted by atomic mass is 16.6. The quantitative estimate of drug-likeness (QED) is 0.750. The van der Waals surface area contributed by atoms with Gasteiger partial charge in [-0.05, 0) is 18.2 Å². The molecule has 92 valence electrons. The lowest BCUT2D eigenvalue weighted by Crippen LogP contribution is -2.18. The van der Waals surface area contributed by atoms with E-state index in [0.29, 0.717) is 36.0 Å². The summed E-state index contributed by atoms with van der Waals surface area (Å²) < 4.78 is 12.5. The number of ketones is 1. The minimum absolute atomic E-state index is 0.114. The lowest BCUT2D eigenvalue weighted by Gasteiger charge is -2.20. The van der Waals surface area contributed by atoms with Crippen LogP contribution in [0, 0.1) is 0 Å². The molecule has 1 aliphatic rings. The third-order valence-corrected chi connectivity index (χ3v) is 2.86. The predicted molar refractivity (Wildman–Crippen MR) is 64.1 cm³/mol. The third kappa shape index (κ3) is 1.64. The van der Waals surface area contributed by atoms with Crippen molar-refractivity contribution in [3.8, 4) is 11.5 Å². The summed E-state index contributed by atoms with van der Waals surface area (Å²) in [4.78, 5) is 12.4. The van der Waals surface area contributed by atoms with Crippen molar-refractivity contribution in [2.75, 3.05) is 13.2 Å². The second kappa shape index (κ2) is 4.18. The lowest BCUT2D eigenvalue weighted by molar-refractivity contribution is 0.101. The molecule has 0 saturated heterocycles. The molecule has 0 amide bonds. The van der Waals surface area contributed by atoms with Gasteiger partial charge < -0.3 is 9.47 Å². The van der Waals surface area contributed by atoms with Crippen LogP contribution in [0.15, 0.2) is 30.5 Å². The Hall–Kier alpha value is -2.30. The molecule has 18 heavy (non-hydrogen) atoms. The second-order valence-corrected chi connectivity index (χ2v) is 4.00. The van der Waals surface area contributed by atoms with E-state index in [0.717, 1.165) is 0 Å². The normalized spacial score (nSPS) is 13.4. The molecule has 0 atom stereocenters. The predicted octanol–water partition coefficient (Wildman–Crippen LogP) is 1.42. The van der Waals surface area contributed by atoms with Crippen molar-refractivity contribution >= 4 is 5.78 Å². The number of hydrogen-bond donors (Lipinski definition) is 0. The average molecular weight is 244 g/mol. The van der Waals surface area contributed by atoms with E-state index in [-0.39, 0.29) is 5.78 Å². The van der Waals surface area contributed by atoms with Crippen LogP contribution in [0.25, 0.3) is 0 Å². The number of benzene rings is 1. The maximum atomic E-state index is 12.4. The summed E-state index contributed by atoms with van der Waals surface area (Å²) in [6.45, 7) is 0.971. The lowest BCUT2D eigenvalue weighted by atomic mass is 10.1. The van der Waals surface area contributed by atoms with E-state index < -0.39 is 0 Å². The molecule has 0 radical (unpaired) electrons. The Bertz CT molecular complexity index is 604. The molecule has 0 N–H and O–H groups in total. The summed E-state index contributed by atoms with van der Waals surface area (Å²) in [7, 11) is 1.74. The molecule has 0 saturated carbocycles. The van der Waals surface area contributed by atoms with Gasteiger partial charge in [0.1, 0.15) is 18.9 Å². The molecule has 1 aromatic heterocycles. The zero-order chi connectivity index (χ0) is 12.5. The number of para-hydroxylation sites is 1. The summed E-state index contributed by atoms with van der Waals surface area (Å²) in [6.07, 6.45) is 1.60. The number of aromatic nitrogens is 2. The van der Waals surface area contributed by atoms with Crippen LogP contribution in [0.4, 0.5) is 0 Å². The molecule has 0 aliphatic carbocycles. The van der Waals surface area contributed by atoms with Crippen molar-refractivity contribution in [3.05, 3.63) is 41.7 Å². The summed E-state index contributed by atoms with van der Waals surface area (Å²) in [5.41, 5.74) is 1.04. The van der Waals surface area contributed by atoms with Crippen LogP contribution in [-0.4, -0.2) is 28.8 Å². The van der Waals surface area contributed by atoms with Crippen molar-refractivity contribution in [2.45, 2.75) is 0 Å². The van der Waals surface area contributed by atoms with Gasteiger partial charge in [0.15, 0.2) is 11.5 Å². The zero-order valence-electron chi connectivity index (χ0n) is 9.92. The van der Waals surface area contributed by atoms with Crippen molar-refractivity contribution in [1.82, 2.24) is 9.78 Å². The van der Waals surface area contributed by atoms with Crippen molar-refractivity contribution in [3.63, 3.8) is 0 Å². The largest absolute Gasteiger partial charge is 0.486 e. The van der Waals surface area contributed by atoms with Crippen LogP contribution in [-0.2, 0) is 7.05 Å². The fourth-order valence-electron chi connectivity index (χ4n) is 1.99. The highest BCUT2D eigenvalue weighted by Gasteiger charge is 2.22. The standard InChI is InChI=1S/C13H12N2O3/c1-15-10(5-6-14-15)12(16)9-3-2-4-11-13(9)18-8-7-17-11/h2-6H,7-8H2,1H3. The first kappa shape index (κ1) is 10.8. The van der Waals surface area contributed by atoms with E-state index in [1.165, 1.54) is 0 Å². The van der Waals surface area contributed by atoms with Gasteiger partial charge >= 0.3 is 0 Å². The highest BCUT2D eigenvalue weighted by molar-refractivity contribution is 6.10. The molecular formula is C13H12N2O3. The van der Waals surface area contributed by atoms with Crippen LogP contribution in [0.1, 0.15) is 16.1 Å². The number of ether oxygens (including phenoxy) is 2. The minimum atomic E-state index is -0.114. The summed E-state index contributed by atoms with van der Waals surface area (Å²) in [6, 6.07) is 7.01. The monoisotopic (exact) mass is 244 g/mol. The number of carbonyl (C=O) groups is 1. The number of carbonyl (C=O) groups excluding carboxylic acids is 1. The molecule has 0 unspecified atom stereocenters. The highest BCUT2D eigenvalue weighted by Crippen LogP contribution is 2.34. The summed E-state index contributed by atoms with van der Waals surface area (Å²) in [5, 5.41) is 4.00. The van der Waals surface area contributed by atoms with Crippen LogP contribution >= 0.6 is 0 Å². The Labute approximate surface area is 104 Å². The molecule has 0 spiro atoms. The van der Waals surface area contributed by atoms with Crippen molar-refractivity contribution in [1.29, 1.82) is 0 Å². The van der Waals surface area contributed by atoms with E-state index in [1.54, 1.807) is 42.2 Å². The average Bonchev–Trinajstić information content (AvgIpc) is 2.83. The molecule has 2 aromatic rings. The van der Waals surface area contributed by atoms with Gasteiger partial charge in [-0.1, -0.05) is 6.07 Å². The van der Waals surface area contributed by atoms with Gasteiger partial charge in [-0.15, -0.1) is 0 Å². The topological polar surface area (TPSA) is 53.4 Å².